The van der Waals surface area contributed by atoms with Crippen LogP contribution in [0.15, 0.2) is 65.1 Å². The number of hydrazone groups is 1. The topological polar surface area (TPSA) is 41.5 Å². The highest BCUT2D eigenvalue weighted by Crippen LogP contribution is 2.16. The molecule has 1 amide bonds. The fourth-order valence-electron chi connectivity index (χ4n) is 2.24. The monoisotopic (exact) mass is 308 g/mol. The number of carbonyl (C=O) groups excluding carboxylic acids is 1. The van der Waals surface area contributed by atoms with Gasteiger partial charge in [0.1, 0.15) is 0 Å². The molecule has 0 saturated heterocycles. The van der Waals surface area contributed by atoms with Gasteiger partial charge in [-0.3, -0.25) is 4.79 Å². The van der Waals surface area contributed by atoms with E-state index in [1.807, 2.05) is 42.6 Å². The largest absolute Gasteiger partial charge is 0.273 e. The Morgan fingerprint density at radius 2 is 1.91 bits per heavy atom. The molecule has 3 nitrogen and oxygen atoms in total. The molecule has 0 saturated carbocycles. The standard InChI is InChI=1S/C18H16N2OS/c1-13(19-20-18(21)12-17-7-4-10-22-17)15-9-8-14-5-2-3-6-16(14)11-15/h2-11H,12H2,1H3,(H,20,21)/b19-13+. The van der Waals surface area contributed by atoms with Crippen molar-refractivity contribution in [3.63, 3.8) is 0 Å². The van der Waals surface area contributed by atoms with Crippen molar-refractivity contribution in [3.05, 3.63) is 70.4 Å². The van der Waals surface area contributed by atoms with E-state index in [0.29, 0.717) is 6.42 Å². The molecule has 3 rings (SSSR count). The number of fused-ring (bicyclic) bond motifs is 1. The van der Waals surface area contributed by atoms with Crippen LogP contribution in [0.3, 0.4) is 0 Å². The molecule has 0 aliphatic rings. The molecule has 0 unspecified atom stereocenters. The number of rotatable bonds is 4. The second-order valence-corrected chi connectivity index (χ2v) is 6.08. The van der Waals surface area contributed by atoms with Gasteiger partial charge in [0.05, 0.1) is 12.1 Å². The second kappa shape index (κ2) is 6.54. The molecule has 2 aromatic carbocycles. The van der Waals surface area contributed by atoms with Crippen molar-refractivity contribution in [2.75, 3.05) is 0 Å². The molecule has 0 aliphatic carbocycles. The fraction of sp³-hybridized carbons (Fsp3) is 0.111. The molecule has 1 aromatic heterocycles. The summed E-state index contributed by atoms with van der Waals surface area (Å²) in [6, 6.07) is 18.2. The van der Waals surface area contributed by atoms with Crippen LogP contribution in [0, 0.1) is 0 Å². The lowest BCUT2D eigenvalue weighted by Crippen LogP contribution is -2.20. The van der Waals surface area contributed by atoms with Crippen LogP contribution in [0.4, 0.5) is 0 Å². The number of nitrogens with one attached hydrogen (secondary N) is 1. The summed E-state index contributed by atoms with van der Waals surface area (Å²) in [7, 11) is 0. The molecule has 110 valence electrons. The maximum Gasteiger partial charge on any atom is 0.245 e. The van der Waals surface area contributed by atoms with Crippen LogP contribution >= 0.6 is 11.3 Å². The van der Waals surface area contributed by atoms with E-state index in [9.17, 15) is 4.79 Å². The Hall–Kier alpha value is -2.46. The minimum atomic E-state index is -0.0948. The lowest BCUT2D eigenvalue weighted by molar-refractivity contribution is -0.120. The van der Waals surface area contributed by atoms with E-state index in [2.05, 4.69) is 34.8 Å². The van der Waals surface area contributed by atoms with Crippen LogP contribution < -0.4 is 5.43 Å². The molecule has 0 atom stereocenters. The number of amides is 1. The van der Waals surface area contributed by atoms with Gasteiger partial charge in [-0.2, -0.15) is 5.10 Å². The average Bonchev–Trinajstić information content (AvgIpc) is 3.05. The van der Waals surface area contributed by atoms with E-state index in [1.165, 1.54) is 10.8 Å². The first-order chi connectivity index (χ1) is 10.7. The van der Waals surface area contributed by atoms with Gasteiger partial charge >= 0.3 is 0 Å². The summed E-state index contributed by atoms with van der Waals surface area (Å²) in [5, 5.41) is 8.53. The van der Waals surface area contributed by atoms with E-state index < -0.39 is 0 Å². The number of hydrogen-bond donors (Lipinski definition) is 1. The normalized spacial score (nSPS) is 11.6. The summed E-state index contributed by atoms with van der Waals surface area (Å²) in [5.41, 5.74) is 4.43. The van der Waals surface area contributed by atoms with Gasteiger partial charge in [0.25, 0.3) is 0 Å². The summed E-state index contributed by atoms with van der Waals surface area (Å²) in [6.45, 7) is 1.90. The maximum absolute atomic E-state index is 11.8. The minimum Gasteiger partial charge on any atom is -0.273 e. The van der Waals surface area contributed by atoms with Gasteiger partial charge in [0, 0.05) is 4.88 Å². The van der Waals surface area contributed by atoms with Crippen LogP contribution in [-0.4, -0.2) is 11.6 Å². The van der Waals surface area contributed by atoms with Crippen LogP contribution in [0.1, 0.15) is 17.4 Å². The van der Waals surface area contributed by atoms with E-state index in [-0.39, 0.29) is 5.91 Å². The zero-order chi connectivity index (χ0) is 15.4. The fourth-order valence-corrected chi connectivity index (χ4v) is 2.94. The molecular weight excluding hydrogens is 292 g/mol. The van der Waals surface area contributed by atoms with Gasteiger partial charge in [0.2, 0.25) is 5.91 Å². The Balaban J connectivity index is 1.71. The Morgan fingerprint density at radius 1 is 1.09 bits per heavy atom. The summed E-state index contributed by atoms with van der Waals surface area (Å²) in [5.74, 6) is -0.0948. The van der Waals surface area contributed by atoms with Gasteiger partial charge in [-0.25, -0.2) is 5.43 Å². The van der Waals surface area contributed by atoms with E-state index >= 15 is 0 Å². The number of hydrogen-bond acceptors (Lipinski definition) is 3. The molecule has 0 aliphatic heterocycles. The lowest BCUT2D eigenvalue weighted by atomic mass is 10.0. The highest BCUT2D eigenvalue weighted by molar-refractivity contribution is 7.10. The molecule has 0 fully saturated rings. The first-order valence-corrected chi connectivity index (χ1v) is 7.95. The molecule has 0 bridgehead atoms. The van der Waals surface area contributed by atoms with E-state index in [0.717, 1.165) is 16.2 Å². The van der Waals surface area contributed by atoms with Crippen molar-refractivity contribution in [1.82, 2.24) is 5.43 Å². The zero-order valence-electron chi connectivity index (χ0n) is 12.2. The van der Waals surface area contributed by atoms with Crippen molar-refractivity contribution < 1.29 is 4.79 Å². The third kappa shape index (κ3) is 3.40. The molecule has 0 radical (unpaired) electrons. The lowest BCUT2D eigenvalue weighted by Gasteiger charge is -2.04. The van der Waals surface area contributed by atoms with Gasteiger partial charge in [-0.1, -0.05) is 42.5 Å². The SMILES string of the molecule is C/C(=N\NC(=O)Cc1cccs1)c1ccc2ccccc2c1. The van der Waals surface area contributed by atoms with Crippen LogP contribution in [0.2, 0.25) is 0 Å². The predicted octanol–water partition coefficient (Wildman–Crippen LogP) is 3.98. The minimum absolute atomic E-state index is 0.0948. The zero-order valence-corrected chi connectivity index (χ0v) is 13.1. The van der Waals surface area contributed by atoms with E-state index in [4.69, 9.17) is 0 Å². The molecule has 1 N–H and O–H groups in total. The molecule has 4 heteroatoms. The Morgan fingerprint density at radius 3 is 2.68 bits per heavy atom. The highest BCUT2D eigenvalue weighted by Gasteiger charge is 2.04. The van der Waals surface area contributed by atoms with E-state index in [1.54, 1.807) is 11.3 Å². The first-order valence-electron chi connectivity index (χ1n) is 7.07. The maximum atomic E-state index is 11.8. The number of thiophene rings is 1. The van der Waals surface area contributed by atoms with Gasteiger partial charge in [0.15, 0.2) is 0 Å². The predicted molar refractivity (Wildman–Crippen MR) is 92.3 cm³/mol. The van der Waals surface area contributed by atoms with Crippen LogP contribution in [-0.2, 0) is 11.2 Å². The Kier molecular flexibility index (Phi) is 4.30. The number of benzene rings is 2. The van der Waals surface area contributed by atoms with Crippen molar-refractivity contribution in [3.8, 4) is 0 Å². The van der Waals surface area contributed by atoms with Crippen molar-refractivity contribution in [2.24, 2.45) is 5.10 Å². The Bertz CT molecular complexity index is 822. The van der Waals surface area contributed by atoms with Crippen molar-refractivity contribution in [1.29, 1.82) is 0 Å². The second-order valence-electron chi connectivity index (χ2n) is 5.05. The van der Waals surface area contributed by atoms with Crippen LogP contribution in [0.25, 0.3) is 10.8 Å². The smallest absolute Gasteiger partial charge is 0.245 e. The van der Waals surface area contributed by atoms with Gasteiger partial charge < -0.3 is 0 Å². The third-order valence-electron chi connectivity index (χ3n) is 3.43. The van der Waals surface area contributed by atoms with Crippen LogP contribution in [0.5, 0.6) is 0 Å². The van der Waals surface area contributed by atoms with Crippen molar-refractivity contribution >= 4 is 33.7 Å². The molecule has 3 aromatic rings. The van der Waals surface area contributed by atoms with Gasteiger partial charge in [-0.05, 0) is 40.8 Å². The summed E-state index contributed by atoms with van der Waals surface area (Å²) >= 11 is 1.57. The molecule has 22 heavy (non-hydrogen) atoms. The summed E-state index contributed by atoms with van der Waals surface area (Å²) < 4.78 is 0. The molecular formula is C18H16N2OS. The quantitative estimate of drug-likeness (QED) is 0.575. The molecule has 1 heterocycles. The number of nitrogens with zero attached hydrogens (tertiary/aromatic N) is 1. The van der Waals surface area contributed by atoms with Crippen molar-refractivity contribution in [2.45, 2.75) is 13.3 Å². The summed E-state index contributed by atoms with van der Waals surface area (Å²) in [4.78, 5) is 12.9. The average molecular weight is 308 g/mol. The highest BCUT2D eigenvalue weighted by atomic mass is 32.1. The third-order valence-corrected chi connectivity index (χ3v) is 4.31. The molecule has 0 spiro atoms. The summed E-state index contributed by atoms with van der Waals surface area (Å²) in [6.07, 6.45) is 0.367. The number of carbonyl (C=O) groups is 1. The Labute approximate surface area is 133 Å². The first kappa shape index (κ1) is 14.5. The van der Waals surface area contributed by atoms with Gasteiger partial charge in [-0.15, -0.1) is 11.3 Å².